The number of esters is 1. The van der Waals surface area contributed by atoms with Crippen LogP contribution in [0.5, 0.6) is 0 Å². The lowest BCUT2D eigenvalue weighted by molar-refractivity contribution is -0.126. The number of fused-ring (bicyclic) bond motifs is 1. The van der Waals surface area contributed by atoms with Crippen molar-refractivity contribution in [3.8, 4) is 0 Å². The van der Waals surface area contributed by atoms with Crippen molar-refractivity contribution in [2.45, 2.75) is 31.8 Å². The van der Waals surface area contributed by atoms with Gasteiger partial charge in [-0.15, -0.1) is 0 Å². The second-order valence-corrected chi connectivity index (χ2v) is 7.43. The van der Waals surface area contributed by atoms with E-state index in [2.05, 4.69) is 0 Å². The first-order chi connectivity index (χ1) is 13.2. The third kappa shape index (κ3) is 3.38. The molecule has 1 aliphatic heterocycles. The minimum atomic E-state index is -1.62. The Hall–Kier alpha value is -3.13. The van der Waals surface area contributed by atoms with Gasteiger partial charge in [0.05, 0.1) is 18.6 Å². The minimum Gasteiger partial charge on any atom is -0.458 e. The van der Waals surface area contributed by atoms with E-state index >= 15 is 0 Å². The van der Waals surface area contributed by atoms with Gasteiger partial charge < -0.3 is 19.0 Å². The number of hydrogen-bond donors (Lipinski definition) is 1. The molecule has 3 rings (SSSR count). The van der Waals surface area contributed by atoms with Crippen LogP contribution in [0, 0.1) is 0 Å². The van der Waals surface area contributed by atoms with Crippen molar-refractivity contribution in [3.05, 3.63) is 54.0 Å². The Bertz CT molecular complexity index is 898. The van der Waals surface area contributed by atoms with Gasteiger partial charge in [0.25, 0.3) is 5.91 Å². The number of nitrogens with zero attached hydrogens (tertiary/aromatic N) is 1. The Labute approximate surface area is 161 Å². The lowest BCUT2D eigenvalue weighted by Crippen LogP contribution is -2.49. The maximum absolute atomic E-state index is 13.2. The quantitative estimate of drug-likeness (QED) is 0.804. The number of hydrogen-bond acceptors (Lipinski definition) is 7. The fourth-order valence-electron chi connectivity index (χ4n) is 2.99. The number of carbonyl (C=O) groups excluding carboxylic acids is 3. The Morgan fingerprint density at radius 2 is 1.89 bits per heavy atom. The Morgan fingerprint density at radius 1 is 1.18 bits per heavy atom. The summed E-state index contributed by atoms with van der Waals surface area (Å²) in [5.41, 5.74) is -1.77. The standard InChI is InChI=1S/C20H21NO7/c1-19(2,3)28-18(25)21-14-8-5-4-7-13(14)20(11-22,17(21)24)12-27-16(23)15-9-6-10-26-15/h4-10,22H,11-12H2,1-3H3/t20-/m1/s1. The summed E-state index contributed by atoms with van der Waals surface area (Å²) in [5, 5.41) is 10.1. The summed E-state index contributed by atoms with van der Waals surface area (Å²) in [6.07, 6.45) is 0.455. The normalized spacial score (nSPS) is 18.7. The maximum Gasteiger partial charge on any atom is 0.421 e. The molecular weight excluding hydrogens is 366 g/mol. The van der Waals surface area contributed by atoms with Crippen LogP contribution in [-0.4, -0.2) is 41.9 Å². The highest BCUT2D eigenvalue weighted by Crippen LogP contribution is 2.42. The van der Waals surface area contributed by atoms with Crippen molar-refractivity contribution >= 4 is 23.7 Å². The fourth-order valence-corrected chi connectivity index (χ4v) is 2.99. The van der Waals surface area contributed by atoms with E-state index in [1.807, 2.05) is 0 Å². The van der Waals surface area contributed by atoms with Crippen molar-refractivity contribution in [2.75, 3.05) is 18.1 Å². The number of amides is 2. The zero-order valence-corrected chi connectivity index (χ0v) is 15.8. The van der Waals surface area contributed by atoms with Gasteiger partial charge in [-0.25, -0.2) is 14.5 Å². The molecule has 2 aromatic rings. The number of rotatable bonds is 4. The summed E-state index contributed by atoms with van der Waals surface area (Å²) < 4.78 is 15.5. The highest BCUT2D eigenvalue weighted by Gasteiger charge is 2.54. The van der Waals surface area contributed by atoms with Gasteiger partial charge in [-0.1, -0.05) is 18.2 Å². The molecule has 0 unspecified atom stereocenters. The third-order valence-corrected chi connectivity index (χ3v) is 4.29. The predicted octanol–water partition coefficient (Wildman–Crippen LogP) is 2.65. The molecule has 0 fully saturated rings. The predicted molar refractivity (Wildman–Crippen MR) is 97.9 cm³/mol. The number of para-hydroxylation sites is 1. The molecule has 0 aliphatic carbocycles. The van der Waals surface area contributed by atoms with Gasteiger partial charge in [-0.2, -0.15) is 0 Å². The van der Waals surface area contributed by atoms with Gasteiger partial charge in [-0.3, -0.25) is 4.79 Å². The molecule has 148 valence electrons. The smallest absolute Gasteiger partial charge is 0.421 e. The highest BCUT2D eigenvalue weighted by atomic mass is 16.6. The van der Waals surface area contributed by atoms with Gasteiger partial charge in [0, 0.05) is 0 Å². The first-order valence-electron chi connectivity index (χ1n) is 8.68. The number of benzene rings is 1. The second kappa shape index (κ2) is 7.12. The summed E-state index contributed by atoms with van der Waals surface area (Å²) in [6, 6.07) is 9.46. The number of furan rings is 1. The summed E-state index contributed by atoms with van der Waals surface area (Å²) in [6.45, 7) is 3.93. The van der Waals surface area contributed by atoms with Crippen LogP contribution in [0.4, 0.5) is 10.5 Å². The van der Waals surface area contributed by atoms with Crippen molar-refractivity contribution in [1.82, 2.24) is 0 Å². The monoisotopic (exact) mass is 387 g/mol. The van der Waals surface area contributed by atoms with Gasteiger partial charge in [0.2, 0.25) is 5.76 Å². The summed E-state index contributed by atoms with van der Waals surface area (Å²) in [5.74, 6) is -1.53. The van der Waals surface area contributed by atoms with E-state index < -0.39 is 42.2 Å². The van der Waals surface area contributed by atoms with E-state index in [-0.39, 0.29) is 11.4 Å². The molecule has 2 heterocycles. The van der Waals surface area contributed by atoms with Crippen LogP contribution >= 0.6 is 0 Å². The number of carbonyl (C=O) groups is 3. The lowest BCUT2D eigenvalue weighted by Gasteiger charge is -2.27. The van der Waals surface area contributed by atoms with Crippen molar-refractivity contribution in [1.29, 1.82) is 0 Å². The van der Waals surface area contributed by atoms with Gasteiger partial charge in [0.15, 0.2) is 0 Å². The average Bonchev–Trinajstić information content (AvgIpc) is 3.24. The third-order valence-electron chi connectivity index (χ3n) is 4.29. The van der Waals surface area contributed by atoms with Gasteiger partial charge in [0.1, 0.15) is 17.6 Å². The zero-order valence-electron chi connectivity index (χ0n) is 15.8. The van der Waals surface area contributed by atoms with E-state index in [0.29, 0.717) is 5.56 Å². The Balaban J connectivity index is 1.94. The van der Waals surface area contributed by atoms with E-state index in [1.165, 1.54) is 18.4 Å². The van der Waals surface area contributed by atoms with Crippen LogP contribution < -0.4 is 4.90 Å². The number of aliphatic hydroxyl groups excluding tert-OH is 1. The fraction of sp³-hybridized carbons (Fsp3) is 0.350. The van der Waals surface area contributed by atoms with Gasteiger partial charge in [-0.05, 0) is 44.5 Å². The molecule has 28 heavy (non-hydrogen) atoms. The van der Waals surface area contributed by atoms with Crippen LogP contribution in [0.2, 0.25) is 0 Å². The summed E-state index contributed by atoms with van der Waals surface area (Å²) in [7, 11) is 0. The lowest BCUT2D eigenvalue weighted by atomic mass is 9.83. The molecule has 1 aromatic carbocycles. The van der Waals surface area contributed by atoms with Crippen LogP contribution in [0.25, 0.3) is 0 Å². The van der Waals surface area contributed by atoms with Crippen LogP contribution in [0.15, 0.2) is 47.1 Å². The largest absolute Gasteiger partial charge is 0.458 e. The van der Waals surface area contributed by atoms with E-state index in [4.69, 9.17) is 13.9 Å². The average molecular weight is 387 g/mol. The molecule has 0 saturated heterocycles. The molecule has 8 nitrogen and oxygen atoms in total. The Kier molecular flexibility index (Phi) is 4.99. The van der Waals surface area contributed by atoms with E-state index in [0.717, 1.165) is 4.90 Å². The molecule has 0 radical (unpaired) electrons. The molecule has 2 amide bonds. The maximum atomic E-state index is 13.2. The van der Waals surface area contributed by atoms with Crippen LogP contribution in [0.1, 0.15) is 36.9 Å². The molecule has 0 saturated carbocycles. The minimum absolute atomic E-state index is 0.0316. The number of imide groups is 1. The van der Waals surface area contributed by atoms with Crippen molar-refractivity contribution < 1.29 is 33.4 Å². The second-order valence-electron chi connectivity index (χ2n) is 7.43. The van der Waals surface area contributed by atoms with Gasteiger partial charge >= 0.3 is 12.1 Å². The van der Waals surface area contributed by atoms with E-state index in [1.54, 1.807) is 45.0 Å². The molecule has 0 bridgehead atoms. The van der Waals surface area contributed by atoms with Crippen molar-refractivity contribution in [2.24, 2.45) is 0 Å². The first-order valence-corrected chi connectivity index (χ1v) is 8.68. The zero-order chi connectivity index (χ0) is 20.5. The molecule has 1 atom stereocenters. The summed E-state index contributed by atoms with van der Waals surface area (Å²) >= 11 is 0. The summed E-state index contributed by atoms with van der Waals surface area (Å²) in [4.78, 5) is 38.8. The van der Waals surface area contributed by atoms with E-state index in [9.17, 15) is 19.5 Å². The van der Waals surface area contributed by atoms with Crippen molar-refractivity contribution in [3.63, 3.8) is 0 Å². The molecule has 8 heteroatoms. The topological polar surface area (TPSA) is 106 Å². The molecule has 0 spiro atoms. The SMILES string of the molecule is CC(C)(C)OC(=O)N1C(=O)[C@](CO)(COC(=O)c2ccco2)c2ccccc21. The molecule has 1 N–H and O–H groups in total. The van der Waals surface area contributed by atoms with Crippen LogP contribution in [-0.2, 0) is 19.7 Å². The number of ether oxygens (including phenoxy) is 2. The number of aliphatic hydroxyl groups is 1. The number of anilines is 1. The van der Waals surface area contributed by atoms with Crippen LogP contribution in [0.3, 0.4) is 0 Å². The highest BCUT2D eigenvalue weighted by molar-refractivity contribution is 6.21. The molecule has 1 aliphatic rings. The molecular formula is C20H21NO7. The Morgan fingerprint density at radius 3 is 2.50 bits per heavy atom. The first kappa shape index (κ1) is 19.6. The molecule has 1 aromatic heterocycles.